The number of rotatable bonds is 8. The van der Waals surface area contributed by atoms with Crippen molar-refractivity contribution in [3.05, 3.63) is 0 Å². The van der Waals surface area contributed by atoms with Crippen LogP contribution in [0.25, 0.3) is 0 Å². The van der Waals surface area contributed by atoms with Gasteiger partial charge in [0.2, 0.25) is 0 Å². The highest BCUT2D eigenvalue weighted by molar-refractivity contribution is 5.76. The molecule has 8 atom stereocenters. The molecule has 4 aliphatic rings. The van der Waals surface area contributed by atoms with Gasteiger partial charge >= 0.3 is 5.97 Å². The first-order valence-electron chi connectivity index (χ1n) is 11.2. The Labute approximate surface area is 174 Å². The van der Waals surface area contributed by atoms with Crippen LogP contribution >= 0.6 is 0 Å². The number of carbonyl (C=O) groups is 1. The molecule has 4 saturated carbocycles. The number of aliphatic hydroxyl groups excluding tert-OH is 1. The van der Waals surface area contributed by atoms with Crippen LogP contribution in [-0.4, -0.2) is 51.0 Å². The Morgan fingerprint density at radius 2 is 1.79 bits per heavy atom. The fourth-order valence-electron chi connectivity index (χ4n) is 7.95. The topological polar surface area (TPSA) is 96.2 Å². The summed E-state index contributed by atoms with van der Waals surface area (Å²) in [6, 6.07) is 0. The van der Waals surface area contributed by atoms with Gasteiger partial charge < -0.3 is 24.8 Å². The SMILES string of the molecule is CCC(C)C(C)(CC(C)(C)C)C(=O)OCC(O)OC12CC3CC4(O)CC(O)(C1)C342. The number of esters is 1. The first-order chi connectivity index (χ1) is 13.2. The number of aliphatic hydroxyl groups is 3. The van der Waals surface area contributed by atoms with Crippen molar-refractivity contribution in [3.8, 4) is 0 Å². The molecule has 0 saturated heterocycles. The summed E-state index contributed by atoms with van der Waals surface area (Å²) in [5.74, 6) is 0.120. The first kappa shape index (κ1) is 21.5. The Balaban J connectivity index is 1.36. The minimum atomic E-state index is -1.25. The maximum Gasteiger partial charge on any atom is 0.312 e. The van der Waals surface area contributed by atoms with Crippen molar-refractivity contribution in [1.82, 2.24) is 0 Å². The summed E-state index contributed by atoms with van der Waals surface area (Å²) in [4.78, 5) is 13.0. The van der Waals surface area contributed by atoms with Gasteiger partial charge in [-0.2, -0.15) is 0 Å². The van der Waals surface area contributed by atoms with Gasteiger partial charge in [-0.05, 0) is 43.4 Å². The second-order valence-electron chi connectivity index (χ2n) is 12.0. The van der Waals surface area contributed by atoms with E-state index in [-0.39, 0.29) is 29.8 Å². The molecule has 4 fully saturated rings. The quantitative estimate of drug-likeness (QED) is 0.421. The number of hydrogen-bond acceptors (Lipinski definition) is 6. The highest BCUT2D eigenvalue weighted by Gasteiger charge is 3.01. The summed E-state index contributed by atoms with van der Waals surface area (Å²) in [6.45, 7) is 12.2. The van der Waals surface area contributed by atoms with E-state index in [9.17, 15) is 20.1 Å². The third-order valence-corrected chi connectivity index (χ3v) is 8.90. The maximum absolute atomic E-state index is 13.0. The summed E-state index contributed by atoms with van der Waals surface area (Å²) in [7, 11) is 0. The van der Waals surface area contributed by atoms with Gasteiger partial charge in [0.1, 0.15) is 6.61 Å². The minimum Gasteiger partial charge on any atom is -0.460 e. The predicted octanol–water partition coefficient (Wildman–Crippen LogP) is 2.77. The lowest BCUT2D eigenvalue weighted by atomic mass is 9.13. The van der Waals surface area contributed by atoms with Crippen LogP contribution in [-0.2, 0) is 14.3 Å². The number of hydrogen-bond donors (Lipinski definition) is 3. The molecule has 0 bridgehead atoms. The molecule has 0 aliphatic heterocycles. The minimum absolute atomic E-state index is 0.0271. The van der Waals surface area contributed by atoms with Gasteiger partial charge in [0, 0.05) is 12.8 Å². The molecule has 0 amide bonds. The van der Waals surface area contributed by atoms with Crippen LogP contribution in [0, 0.1) is 28.1 Å². The third-order valence-electron chi connectivity index (χ3n) is 8.90. The molecule has 0 radical (unpaired) electrons. The van der Waals surface area contributed by atoms with Crippen molar-refractivity contribution in [1.29, 1.82) is 0 Å². The van der Waals surface area contributed by atoms with E-state index in [0.29, 0.717) is 25.7 Å². The zero-order valence-corrected chi connectivity index (χ0v) is 18.7. The molecular weight excluding hydrogens is 372 g/mol. The summed E-state index contributed by atoms with van der Waals surface area (Å²) in [5, 5.41) is 31.9. The van der Waals surface area contributed by atoms with Crippen LogP contribution in [0.1, 0.15) is 80.1 Å². The largest absolute Gasteiger partial charge is 0.460 e. The average molecular weight is 411 g/mol. The van der Waals surface area contributed by atoms with Gasteiger partial charge in [0.05, 0.1) is 27.6 Å². The second kappa shape index (κ2) is 5.96. The van der Waals surface area contributed by atoms with Crippen molar-refractivity contribution >= 4 is 5.97 Å². The number of carbonyl (C=O) groups excluding carboxylic acids is 1. The molecule has 0 aromatic carbocycles. The molecule has 6 heteroatoms. The molecule has 6 nitrogen and oxygen atoms in total. The van der Waals surface area contributed by atoms with E-state index in [1.54, 1.807) is 0 Å². The predicted molar refractivity (Wildman–Crippen MR) is 107 cm³/mol. The van der Waals surface area contributed by atoms with Gasteiger partial charge in [-0.3, -0.25) is 4.79 Å². The fraction of sp³-hybridized carbons (Fsp3) is 0.957. The molecule has 3 N–H and O–H groups in total. The normalized spacial score (nSPS) is 45.8. The van der Waals surface area contributed by atoms with Crippen molar-refractivity contribution in [2.24, 2.45) is 28.1 Å². The Morgan fingerprint density at radius 1 is 1.14 bits per heavy atom. The van der Waals surface area contributed by atoms with Crippen LogP contribution in [0.3, 0.4) is 0 Å². The van der Waals surface area contributed by atoms with Crippen molar-refractivity contribution in [2.75, 3.05) is 6.61 Å². The van der Waals surface area contributed by atoms with Crippen molar-refractivity contribution in [2.45, 2.75) is 103 Å². The van der Waals surface area contributed by atoms with Gasteiger partial charge in [-0.1, -0.05) is 41.0 Å². The van der Waals surface area contributed by atoms with Crippen molar-refractivity contribution < 1.29 is 29.6 Å². The molecule has 166 valence electrons. The van der Waals surface area contributed by atoms with E-state index in [4.69, 9.17) is 9.47 Å². The lowest BCUT2D eigenvalue weighted by molar-refractivity contribution is -0.564. The van der Waals surface area contributed by atoms with Crippen LogP contribution in [0.5, 0.6) is 0 Å². The summed E-state index contributed by atoms with van der Waals surface area (Å²) >= 11 is 0. The standard InChI is InChI=1S/C23H38O6/c1-7-14(2)19(6,11-18(3,4)5)17(25)28-10-16(24)29-22-9-15-8-20(26)12-21(27,13-22)23(15,20)22/h14-16,24,26-27H,7-13H2,1-6H3. The summed E-state index contributed by atoms with van der Waals surface area (Å²) < 4.78 is 11.5. The molecule has 29 heavy (non-hydrogen) atoms. The third kappa shape index (κ3) is 2.46. The van der Waals surface area contributed by atoms with E-state index in [1.807, 2.05) is 6.92 Å². The Morgan fingerprint density at radius 3 is 2.28 bits per heavy atom. The highest BCUT2D eigenvalue weighted by atomic mass is 16.7. The Bertz CT molecular complexity index is 707. The van der Waals surface area contributed by atoms with Crippen LogP contribution in [0.15, 0.2) is 0 Å². The smallest absolute Gasteiger partial charge is 0.312 e. The highest BCUT2D eigenvalue weighted by Crippen LogP contribution is 2.92. The van der Waals surface area contributed by atoms with Gasteiger partial charge in [-0.25, -0.2) is 0 Å². The number of ether oxygens (including phenoxy) is 2. The molecule has 8 unspecified atom stereocenters. The molecule has 0 aromatic heterocycles. The molecular formula is C23H38O6. The van der Waals surface area contributed by atoms with Crippen LogP contribution in [0.2, 0.25) is 0 Å². The maximum atomic E-state index is 13.0. The lowest BCUT2D eigenvalue weighted by Crippen LogP contribution is -3.03. The molecule has 0 aromatic rings. The molecule has 4 aliphatic carbocycles. The monoisotopic (exact) mass is 410 g/mol. The van der Waals surface area contributed by atoms with Crippen LogP contribution in [0.4, 0.5) is 0 Å². The van der Waals surface area contributed by atoms with Crippen LogP contribution < -0.4 is 0 Å². The van der Waals surface area contributed by atoms with E-state index in [1.165, 1.54) is 0 Å². The fourth-order valence-corrected chi connectivity index (χ4v) is 7.95. The van der Waals surface area contributed by atoms with E-state index in [2.05, 4.69) is 34.6 Å². The first-order valence-corrected chi connectivity index (χ1v) is 11.2. The van der Waals surface area contributed by atoms with Crippen molar-refractivity contribution in [3.63, 3.8) is 0 Å². The zero-order valence-electron chi connectivity index (χ0n) is 18.7. The molecule has 1 spiro atoms. The van der Waals surface area contributed by atoms with E-state index < -0.39 is 33.9 Å². The van der Waals surface area contributed by atoms with E-state index >= 15 is 0 Å². The Hall–Kier alpha value is -0.690. The lowest BCUT2D eigenvalue weighted by Gasteiger charge is -2.95. The average Bonchev–Trinajstić information content (AvgIpc) is 2.53. The van der Waals surface area contributed by atoms with E-state index in [0.717, 1.165) is 12.8 Å². The Kier molecular flexibility index (Phi) is 4.43. The second-order valence-corrected chi connectivity index (χ2v) is 12.0. The van der Waals surface area contributed by atoms with Gasteiger partial charge in [0.25, 0.3) is 0 Å². The van der Waals surface area contributed by atoms with Gasteiger partial charge in [0.15, 0.2) is 6.29 Å². The summed E-state index contributed by atoms with van der Waals surface area (Å²) in [5.41, 5.74) is -3.63. The zero-order chi connectivity index (χ0) is 21.7. The summed E-state index contributed by atoms with van der Waals surface area (Å²) in [6.07, 6.45) is 2.62. The van der Waals surface area contributed by atoms with Gasteiger partial charge in [-0.15, -0.1) is 0 Å². The molecule has 4 rings (SSSR count). The molecule has 0 heterocycles.